The monoisotopic (exact) mass is 256 g/mol. The zero-order chi connectivity index (χ0) is 13.8. The summed E-state index contributed by atoms with van der Waals surface area (Å²) in [7, 11) is 0. The van der Waals surface area contributed by atoms with Crippen molar-refractivity contribution >= 4 is 0 Å². The summed E-state index contributed by atoms with van der Waals surface area (Å²) in [5.74, 6) is 0.789. The van der Waals surface area contributed by atoms with E-state index < -0.39 is 6.10 Å². The maximum Gasteiger partial charge on any atom is 0.120 e. The number of benzene rings is 2. The minimum atomic E-state index is -0.467. The maximum absolute atomic E-state index is 9.54. The summed E-state index contributed by atoms with van der Waals surface area (Å²) in [6.07, 6.45) is -0.467. The number of aliphatic hydroxyl groups excluding tert-OH is 1. The van der Waals surface area contributed by atoms with Gasteiger partial charge in [-0.3, -0.25) is 0 Å². The molecule has 1 atom stereocenters. The molecular formula is C17H20O2. The van der Waals surface area contributed by atoms with Gasteiger partial charge in [0.25, 0.3) is 0 Å². The summed E-state index contributed by atoms with van der Waals surface area (Å²) in [4.78, 5) is 0. The molecule has 2 nitrogen and oxygen atoms in total. The Labute approximate surface area is 114 Å². The Bertz CT molecular complexity index is 559. The van der Waals surface area contributed by atoms with Crippen molar-refractivity contribution in [2.45, 2.75) is 33.5 Å². The van der Waals surface area contributed by atoms with Crippen molar-refractivity contribution in [2.24, 2.45) is 0 Å². The molecule has 0 fully saturated rings. The summed E-state index contributed by atoms with van der Waals surface area (Å²) in [6, 6.07) is 13.9. The lowest BCUT2D eigenvalue weighted by atomic mass is 10.1. The second kappa shape index (κ2) is 5.89. The Morgan fingerprint density at radius 1 is 1.05 bits per heavy atom. The van der Waals surface area contributed by atoms with Crippen LogP contribution in [0.25, 0.3) is 0 Å². The van der Waals surface area contributed by atoms with Crippen LogP contribution in [0.1, 0.15) is 35.3 Å². The maximum atomic E-state index is 9.54. The van der Waals surface area contributed by atoms with Crippen LogP contribution in [0.5, 0.6) is 5.75 Å². The summed E-state index contributed by atoms with van der Waals surface area (Å²) >= 11 is 0. The number of hydrogen-bond acceptors (Lipinski definition) is 2. The lowest BCUT2D eigenvalue weighted by molar-refractivity contribution is 0.198. The van der Waals surface area contributed by atoms with Gasteiger partial charge in [-0.1, -0.05) is 30.3 Å². The van der Waals surface area contributed by atoms with Crippen molar-refractivity contribution in [1.29, 1.82) is 0 Å². The van der Waals surface area contributed by atoms with E-state index in [1.54, 1.807) is 6.92 Å². The molecule has 0 unspecified atom stereocenters. The third-order valence-electron chi connectivity index (χ3n) is 3.32. The van der Waals surface area contributed by atoms with Gasteiger partial charge in [0.2, 0.25) is 0 Å². The highest BCUT2D eigenvalue weighted by molar-refractivity contribution is 5.32. The fraction of sp³-hybridized carbons (Fsp3) is 0.294. The first-order valence-corrected chi connectivity index (χ1v) is 6.53. The van der Waals surface area contributed by atoms with Crippen LogP contribution in [0.4, 0.5) is 0 Å². The molecule has 0 heterocycles. The van der Waals surface area contributed by atoms with Gasteiger partial charge in [0.15, 0.2) is 0 Å². The molecule has 2 aromatic rings. The van der Waals surface area contributed by atoms with Crippen molar-refractivity contribution in [3.05, 3.63) is 64.7 Å². The smallest absolute Gasteiger partial charge is 0.120 e. The van der Waals surface area contributed by atoms with Crippen molar-refractivity contribution < 1.29 is 9.84 Å². The molecule has 0 radical (unpaired) electrons. The Morgan fingerprint density at radius 3 is 2.53 bits per heavy atom. The molecule has 19 heavy (non-hydrogen) atoms. The van der Waals surface area contributed by atoms with Crippen LogP contribution in [0.2, 0.25) is 0 Å². The molecule has 1 N–H and O–H groups in total. The van der Waals surface area contributed by atoms with Gasteiger partial charge in [0.1, 0.15) is 12.4 Å². The van der Waals surface area contributed by atoms with Crippen molar-refractivity contribution in [2.75, 3.05) is 0 Å². The van der Waals surface area contributed by atoms with Gasteiger partial charge in [0.05, 0.1) is 6.10 Å². The fourth-order valence-corrected chi connectivity index (χ4v) is 1.92. The van der Waals surface area contributed by atoms with E-state index in [1.807, 2.05) is 24.3 Å². The number of rotatable bonds is 4. The normalized spacial score (nSPS) is 12.2. The topological polar surface area (TPSA) is 29.5 Å². The summed E-state index contributed by atoms with van der Waals surface area (Å²) in [5, 5.41) is 9.54. The third kappa shape index (κ3) is 3.58. The zero-order valence-corrected chi connectivity index (χ0v) is 11.7. The summed E-state index contributed by atoms with van der Waals surface area (Å²) < 4.78 is 5.77. The molecule has 0 aliphatic heterocycles. The number of hydrogen-bond donors (Lipinski definition) is 1. The van der Waals surface area contributed by atoms with Crippen molar-refractivity contribution in [1.82, 2.24) is 0 Å². The molecule has 0 spiro atoms. The molecule has 0 saturated carbocycles. The standard InChI is InChI=1S/C17H20O2/c1-12-7-8-15(9-13(12)2)11-19-17-6-4-5-16(10-17)14(3)18/h4-10,14,18H,11H2,1-3H3/t14-/m0/s1. The summed E-state index contributed by atoms with van der Waals surface area (Å²) in [5.41, 5.74) is 4.60. The van der Waals surface area contributed by atoms with Gasteiger partial charge in [0, 0.05) is 0 Å². The highest BCUT2D eigenvalue weighted by Gasteiger charge is 2.03. The van der Waals surface area contributed by atoms with E-state index in [-0.39, 0.29) is 0 Å². The molecule has 0 bridgehead atoms. The number of ether oxygens (including phenoxy) is 1. The lowest BCUT2D eigenvalue weighted by Crippen LogP contribution is -1.98. The second-order valence-corrected chi connectivity index (χ2v) is 4.96. The molecule has 2 heteroatoms. The Hall–Kier alpha value is -1.80. The van der Waals surface area contributed by atoms with Crippen molar-refractivity contribution in [3.8, 4) is 5.75 Å². The molecule has 0 aliphatic carbocycles. The van der Waals surface area contributed by atoms with Crippen LogP contribution < -0.4 is 4.74 Å². The highest BCUT2D eigenvalue weighted by atomic mass is 16.5. The van der Waals surface area contributed by atoms with E-state index in [4.69, 9.17) is 4.74 Å². The Morgan fingerprint density at radius 2 is 1.84 bits per heavy atom. The average molecular weight is 256 g/mol. The van der Waals surface area contributed by atoms with E-state index in [0.717, 1.165) is 16.9 Å². The molecule has 0 aliphatic rings. The fourth-order valence-electron chi connectivity index (χ4n) is 1.92. The largest absolute Gasteiger partial charge is 0.489 e. The predicted molar refractivity (Wildman–Crippen MR) is 77.3 cm³/mol. The van der Waals surface area contributed by atoms with Crippen LogP contribution in [-0.4, -0.2) is 5.11 Å². The van der Waals surface area contributed by atoms with Crippen LogP contribution in [0, 0.1) is 13.8 Å². The second-order valence-electron chi connectivity index (χ2n) is 4.96. The molecule has 2 rings (SSSR count). The molecule has 2 aromatic carbocycles. The van der Waals surface area contributed by atoms with Gasteiger partial charge in [-0.05, 0) is 55.2 Å². The lowest BCUT2D eigenvalue weighted by Gasteiger charge is -2.10. The van der Waals surface area contributed by atoms with Gasteiger partial charge in [-0.2, -0.15) is 0 Å². The van der Waals surface area contributed by atoms with E-state index >= 15 is 0 Å². The molecule has 100 valence electrons. The first kappa shape index (κ1) is 13.6. The molecule has 0 amide bonds. The zero-order valence-electron chi connectivity index (χ0n) is 11.7. The molecule has 0 saturated heterocycles. The first-order valence-electron chi connectivity index (χ1n) is 6.53. The van der Waals surface area contributed by atoms with Gasteiger partial charge >= 0.3 is 0 Å². The van der Waals surface area contributed by atoms with Crippen LogP contribution in [0.15, 0.2) is 42.5 Å². The Kier molecular flexibility index (Phi) is 4.23. The number of aryl methyl sites for hydroxylation is 2. The van der Waals surface area contributed by atoms with Crippen LogP contribution in [0.3, 0.4) is 0 Å². The van der Waals surface area contributed by atoms with Gasteiger partial charge < -0.3 is 9.84 Å². The SMILES string of the molecule is Cc1ccc(COc2cccc([C@H](C)O)c2)cc1C. The highest BCUT2D eigenvalue weighted by Crippen LogP contribution is 2.20. The van der Waals surface area contributed by atoms with Crippen LogP contribution in [-0.2, 0) is 6.61 Å². The minimum Gasteiger partial charge on any atom is -0.489 e. The van der Waals surface area contributed by atoms with Crippen LogP contribution >= 0.6 is 0 Å². The first-order chi connectivity index (χ1) is 9.06. The molecule has 0 aromatic heterocycles. The third-order valence-corrected chi connectivity index (χ3v) is 3.32. The summed E-state index contributed by atoms with van der Waals surface area (Å²) in [6.45, 7) is 6.51. The quantitative estimate of drug-likeness (QED) is 0.898. The van der Waals surface area contributed by atoms with Crippen molar-refractivity contribution in [3.63, 3.8) is 0 Å². The van der Waals surface area contributed by atoms with Gasteiger partial charge in [-0.15, -0.1) is 0 Å². The van der Waals surface area contributed by atoms with Gasteiger partial charge in [-0.25, -0.2) is 0 Å². The molecular weight excluding hydrogens is 236 g/mol. The predicted octanol–water partition coefficient (Wildman–Crippen LogP) is 3.94. The number of aliphatic hydroxyl groups is 1. The minimum absolute atomic E-state index is 0.467. The Balaban J connectivity index is 2.05. The van der Waals surface area contributed by atoms with E-state index in [0.29, 0.717) is 6.61 Å². The van der Waals surface area contributed by atoms with E-state index in [2.05, 4.69) is 32.0 Å². The average Bonchev–Trinajstić information content (AvgIpc) is 2.40. The van der Waals surface area contributed by atoms with E-state index in [9.17, 15) is 5.11 Å². The van der Waals surface area contributed by atoms with E-state index in [1.165, 1.54) is 11.1 Å².